The van der Waals surface area contributed by atoms with Gasteiger partial charge in [0, 0.05) is 11.6 Å². The van der Waals surface area contributed by atoms with Crippen LogP contribution in [0.25, 0.3) is 0 Å². The molecule has 2 amide bonds. The molecule has 0 radical (unpaired) electrons. The largest absolute Gasteiger partial charge is 0.480 e. The molecular weight excluding hydrogens is 290 g/mol. The standard InChI is InChI=1S/C14H21N3O3S/c1-9-4-3-5-14(8-9,12(18)19)17-13(20)16-10(2)11-15-6-7-21-11/h6-7,9-10H,3-5,8H2,1-2H3,(H,18,19)(H2,16,17,20). The van der Waals surface area contributed by atoms with Crippen LogP contribution in [-0.4, -0.2) is 27.6 Å². The van der Waals surface area contributed by atoms with Crippen molar-refractivity contribution in [2.75, 3.05) is 0 Å². The Bertz CT molecular complexity index is 506. The summed E-state index contributed by atoms with van der Waals surface area (Å²) in [5.74, 6) is -0.655. The van der Waals surface area contributed by atoms with Gasteiger partial charge in [-0.3, -0.25) is 0 Å². The average molecular weight is 311 g/mol. The Kier molecular flexibility index (Phi) is 4.82. The van der Waals surface area contributed by atoms with Crippen molar-refractivity contribution in [1.29, 1.82) is 0 Å². The third kappa shape index (κ3) is 3.72. The van der Waals surface area contributed by atoms with E-state index in [9.17, 15) is 14.7 Å². The molecule has 0 aliphatic heterocycles. The number of thiazole rings is 1. The summed E-state index contributed by atoms with van der Waals surface area (Å²) < 4.78 is 0. The second kappa shape index (κ2) is 6.43. The molecule has 21 heavy (non-hydrogen) atoms. The summed E-state index contributed by atoms with van der Waals surface area (Å²) >= 11 is 1.45. The van der Waals surface area contributed by atoms with Gasteiger partial charge in [-0.25, -0.2) is 14.6 Å². The van der Waals surface area contributed by atoms with Crippen LogP contribution in [-0.2, 0) is 4.79 Å². The van der Waals surface area contributed by atoms with Crippen LogP contribution in [0.3, 0.4) is 0 Å². The summed E-state index contributed by atoms with van der Waals surface area (Å²) in [7, 11) is 0. The van der Waals surface area contributed by atoms with E-state index in [1.54, 1.807) is 6.20 Å². The first-order chi connectivity index (χ1) is 9.93. The number of carboxylic acid groups (broad SMARTS) is 1. The number of hydrogen-bond acceptors (Lipinski definition) is 4. The lowest BCUT2D eigenvalue weighted by Crippen LogP contribution is -2.59. The van der Waals surface area contributed by atoms with Gasteiger partial charge in [-0.1, -0.05) is 19.8 Å². The number of aliphatic carboxylic acids is 1. The van der Waals surface area contributed by atoms with Crippen LogP contribution in [0.4, 0.5) is 4.79 Å². The van der Waals surface area contributed by atoms with E-state index in [1.165, 1.54) is 11.3 Å². The predicted octanol–water partition coefficient (Wildman–Crippen LogP) is 2.54. The smallest absolute Gasteiger partial charge is 0.329 e. The van der Waals surface area contributed by atoms with Crippen LogP contribution in [0.5, 0.6) is 0 Å². The lowest BCUT2D eigenvalue weighted by Gasteiger charge is -2.37. The number of amides is 2. The zero-order valence-electron chi connectivity index (χ0n) is 12.3. The summed E-state index contributed by atoms with van der Waals surface area (Å²) in [6.07, 6.45) is 4.45. The van der Waals surface area contributed by atoms with Crippen molar-refractivity contribution in [2.45, 2.75) is 51.1 Å². The molecule has 1 aliphatic carbocycles. The fourth-order valence-corrected chi connectivity index (χ4v) is 3.52. The molecule has 3 atom stereocenters. The van der Waals surface area contributed by atoms with Gasteiger partial charge in [0.05, 0.1) is 6.04 Å². The molecule has 1 aromatic heterocycles. The maximum absolute atomic E-state index is 12.1. The van der Waals surface area contributed by atoms with Gasteiger partial charge in [0.1, 0.15) is 10.5 Å². The number of carbonyl (C=O) groups excluding carboxylic acids is 1. The minimum atomic E-state index is -1.15. The molecule has 116 valence electrons. The number of rotatable bonds is 4. The highest BCUT2D eigenvalue weighted by atomic mass is 32.1. The first-order valence-electron chi connectivity index (χ1n) is 7.14. The minimum absolute atomic E-state index is 0.239. The van der Waals surface area contributed by atoms with Gasteiger partial charge in [-0.05, 0) is 25.7 Å². The Morgan fingerprint density at radius 3 is 2.90 bits per heavy atom. The lowest BCUT2D eigenvalue weighted by molar-refractivity contribution is -0.146. The van der Waals surface area contributed by atoms with Crippen molar-refractivity contribution >= 4 is 23.3 Å². The second-order valence-electron chi connectivity index (χ2n) is 5.78. The SMILES string of the molecule is CC1CCCC(NC(=O)NC(C)c2nccs2)(C(=O)O)C1. The van der Waals surface area contributed by atoms with Gasteiger partial charge >= 0.3 is 12.0 Å². The maximum atomic E-state index is 12.1. The number of aromatic nitrogens is 1. The number of nitrogens with one attached hydrogen (secondary N) is 2. The van der Waals surface area contributed by atoms with E-state index in [2.05, 4.69) is 15.6 Å². The fraction of sp³-hybridized carbons (Fsp3) is 0.643. The summed E-state index contributed by atoms with van der Waals surface area (Å²) in [6, 6.07) is -0.689. The van der Waals surface area contributed by atoms with Crippen molar-refractivity contribution < 1.29 is 14.7 Å². The van der Waals surface area contributed by atoms with E-state index in [0.717, 1.165) is 17.8 Å². The number of urea groups is 1. The monoisotopic (exact) mass is 311 g/mol. The second-order valence-corrected chi connectivity index (χ2v) is 6.71. The molecule has 3 N–H and O–H groups in total. The first-order valence-corrected chi connectivity index (χ1v) is 8.02. The van der Waals surface area contributed by atoms with Gasteiger partial charge in [-0.15, -0.1) is 11.3 Å². The predicted molar refractivity (Wildman–Crippen MR) is 80.2 cm³/mol. The highest BCUT2D eigenvalue weighted by Crippen LogP contribution is 2.32. The summed E-state index contributed by atoms with van der Waals surface area (Å²) in [6.45, 7) is 3.85. The molecule has 7 heteroatoms. The maximum Gasteiger partial charge on any atom is 0.329 e. The van der Waals surface area contributed by atoms with E-state index >= 15 is 0 Å². The molecule has 1 fully saturated rings. The van der Waals surface area contributed by atoms with E-state index < -0.39 is 17.5 Å². The highest BCUT2D eigenvalue weighted by molar-refractivity contribution is 7.09. The molecule has 0 bridgehead atoms. The molecule has 2 rings (SSSR count). The van der Waals surface area contributed by atoms with Crippen LogP contribution in [0.1, 0.15) is 50.6 Å². The molecule has 1 aliphatic rings. The summed E-state index contributed by atoms with van der Waals surface area (Å²) in [5, 5.41) is 17.6. The number of nitrogens with zero attached hydrogens (tertiary/aromatic N) is 1. The number of carboxylic acids is 1. The number of carbonyl (C=O) groups is 2. The Morgan fingerprint density at radius 1 is 1.57 bits per heavy atom. The van der Waals surface area contributed by atoms with E-state index in [1.807, 2.05) is 19.2 Å². The average Bonchev–Trinajstić information content (AvgIpc) is 2.92. The first kappa shape index (κ1) is 15.8. The number of hydrogen-bond donors (Lipinski definition) is 3. The zero-order valence-corrected chi connectivity index (χ0v) is 13.1. The van der Waals surface area contributed by atoms with Crippen LogP contribution in [0.15, 0.2) is 11.6 Å². The van der Waals surface area contributed by atoms with Gasteiger partial charge in [0.15, 0.2) is 0 Å². The van der Waals surface area contributed by atoms with Gasteiger partial charge in [0.2, 0.25) is 0 Å². The Balaban J connectivity index is 2.00. The van der Waals surface area contributed by atoms with Crippen molar-refractivity contribution in [3.63, 3.8) is 0 Å². The normalized spacial score (nSPS) is 26.9. The summed E-state index contributed by atoms with van der Waals surface area (Å²) in [4.78, 5) is 27.9. The fourth-order valence-electron chi connectivity index (χ4n) is 2.87. The van der Waals surface area contributed by atoms with Crippen molar-refractivity contribution in [2.24, 2.45) is 5.92 Å². The minimum Gasteiger partial charge on any atom is -0.480 e. The summed E-state index contributed by atoms with van der Waals surface area (Å²) in [5.41, 5.74) is -1.15. The van der Waals surface area contributed by atoms with Crippen LogP contribution in [0.2, 0.25) is 0 Å². The van der Waals surface area contributed by atoms with Gasteiger partial charge < -0.3 is 15.7 Å². The molecule has 1 heterocycles. The third-order valence-corrected chi connectivity index (χ3v) is 4.89. The van der Waals surface area contributed by atoms with Crippen LogP contribution < -0.4 is 10.6 Å². The molecule has 0 saturated heterocycles. The van der Waals surface area contributed by atoms with E-state index in [0.29, 0.717) is 18.8 Å². The molecule has 3 unspecified atom stereocenters. The van der Waals surface area contributed by atoms with Crippen LogP contribution >= 0.6 is 11.3 Å². The Hall–Kier alpha value is -1.63. The van der Waals surface area contributed by atoms with Gasteiger partial charge in [-0.2, -0.15) is 0 Å². The Labute approximate surface area is 128 Å². The van der Waals surface area contributed by atoms with Crippen molar-refractivity contribution in [3.8, 4) is 0 Å². The topological polar surface area (TPSA) is 91.3 Å². The molecule has 0 aromatic carbocycles. The molecule has 1 aromatic rings. The zero-order chi connectivity index (χ0) is 15.5. The lowest BCUT2D eigenvalue weighted by atomic mass is 9.76. The highest BCUT2D eigenvalue weighted by Gasteiger charge is 2.43. The van der Waals surface area contributed by atoms with Crippen molar-refractivity contribution in [1.82, 2.24) is 15.6 Å². The van der Waals surface area contributed by atoms with E-state index in [-0.39, 0.29) is 6.04 Å². The van der Waals surface area contributed by atoms with Crippen LogP contribution in [0, 0.1) is 5.92 Å². The Morgan fingerprint density at radius 2 is 2.33 bits per heavy atom. The molecule has 6 nitrogen and oxygen atoms in total. The third-order valence-electron chi connectivity index (χ3n) is 3.93. The van der Waals surface area contributed by atoms with Crippen molar-refractivity contribution in [3.05, 3.63) is 16.6 Å². The quantitative estimate of drug-likeness (QED) is 0.797. The molecule has 1 saturated carbocycles. The molecular formula is C14H21N3O3S. The van der Waals surface area contributed by atoms with Gasteiger partial charge in [0.25, 0.3) is 0 Å². The molecule has 0 spiro atoms. The van der Waals surface area contributed by atoms with E-state index in [4.69, 9.17) is 0 Å².